The Bertz CT molecular complexity index is 536. The highest BCUT2D eigenvalue weighted by Gasteiger charge is 2.27. The zero-order valence-corrected chi connectivity index (χ0v) is 13.8. The van der Waals surface area contributed by atoms with Crippen molar-refractivity contribution in [1.29, 1.82) is 0 Å². The van der Waals surface area contributed by atoms with Gasteiger partial charge in [-0.15, -0.1) is 0 Å². The topological polar surface area (TPSA) is 58.2 Å². The van der Waals surface area contributed by atoms with Crippen LogP contribution >= 0.6 is 0 Å². The Kier molecular flexibility index (Phi) is 6.13. The summed E-state index contributed by atoms with van der Waals surface area (Å²) in [6.45, 7) is 3.80. The Hall–Kier alpha value is -1.91. The summed E-state index contributed by atoms with van der Waals surface area (Å²) < 4.78 is 12.9. The smallest absolute Gasteiger partial charge is 0.251 e. The summed E-state index contributed by atoms with van der Waals surface area (Å²) >= 11 is 0. The lowest BCUT2D eigenvalue weighted by molar-refractivity contribution is -0.124. The van der Waals surface area contributed by atoms with Crippen molar-refractivity contribution in [1.82, 2.24) is 10.6 Å². The number of nitrogens with one attached hydrogen (secondary N) is 2. The van der Waals surface area contributed by atoms with Gasteiger partial charge in [-0.1, -0.05) is 33.1 Å². The molecule has 0 unspecified atom stereocenters. The molecular weight excluding hydrogens is 295 g/mol. The Morgan fingerprint density at radius 2 is 1.70 bits per heavy atom. The van der Waals surface area contributed by atoms with Crippen LogP contribution in [0, 0.1) is 11.7 Å². The van der Waals surface area contributed by atoms with Gasteiger partial charge in [-0.05, 0) is 43.0 Å². The third-order valence-corrected chi connectivity index (χ3v) is 4.29. The normalized spacial score (nSPS) is 16.9. The van der Waals surface area contributed by atoms with Crippen LogP contribution in [0.2, 0.25) is 0 Å². The molecule has 1 fully saturated rings. The maximum Gasteiger partial charge on any atom is 0.251 e. The average Bonchev–Trinajstić information content (AvgIpc) is 2.53. The van der Waals surface area contributed by atoms with E-state index in [0.717, 1.165) is 25.7 Å². The first kappa shape index (κ1) is 17.4. The van der Waals surface area contributed by atoms with Gasteiger partial charge < -0.3 is 10.6 Å². The van der Waals surface area contributed by atoms with Crippen molar-refractivity contribution in [3.05, 3.63) is 35.6 Å². The molecule has 0 bridgehead atoms. The van der Waals surface area contributed by atoms with E-state index in [1.54, 1.807) is 0 Å². The van der Waals surface area contributed by atoms with Gasteiger partial charge in [0.2, 0.25) is 5.91 Å². The first-order chi connectivity index (χ1) is 11.0. The summed E-state index contributed by atoms with van der Waals surface area (Å²) in [4.78, 5) is 24.7. The number of hydrogen-bond acceptors (Lipinski definition) is 2. The van der Waals surface area contributed by atoms with Crippen LogP contribution < -0.4 is 10.6 Å². The van der Waals surface area contributed by atoms with Crippen LogP contribution in [0.5, 0.6) is 0 Å². The molecule has 2 rings (SSSR count). The lowest BCUT2D eigenvalue weighted by Gasteiger charge is -2.27. The molecule has 1 aliphatic carbocycles. The number of carbonyl (C=O) groups is 2. The van der Waals surface area contributed by atoms with Gasteiger partial charge in [0, 0.05) is 11.6 Å². The highest BCUT2D eigenvalue weighted by molar-refractivity contribution is 5.97. The summed E-state index contributed by atoms with van der Waals surface area (Å²) in [5.41, 5.74) is 0.350. The molecule has 5 heteroatoms. The fraction of sp³-hybridized carbons (Fsp3) is 0.556. The van der Waals surface area contributed by atoms with Gasteiger partial charge in [-0.3, -0.25) is 9.59 Å². The highest BCUT2D eigenvalue weighted by atomic mass is 19.1. The van der Waals surface area contributed by atoms with Crippen molar-refractivity contribution in [3.8, 4) is 0 Å². The molecule has 1 saturated carbocycles. The van der Waals surface area contributed by atoms with Crippen LogP contribution in [0.3, 0.4) is 0 Å². The van der Waals surface area contributed by atoms with Crippen LogP contribution in [0.4, 0.5) is 4.39 Å². The monoisotopic (exact) mass is 320 g/mol. The molecule has 0 radical (unpaired) electrons. The van der Waals surface area contributed by atoms with Gasteiger partial charge in [0.1, 0.15) is 11.9 Å². The van der Waals surface area contributed by atoms with Crippen molar-refractivity contribution >= 4 is 11.8 Å². The van der Waals surface area contributed by atoms with Crippen LogP contribution in [0.25, 0.3) is 0 Å². The van der Waals surface area contributed by atoms with Crippen LogP contribution in [-0.2, 0) is 4.79 Å². The molecule has 0 saturated heterocycles. The van der Waals surface area contributed by atoms with Crippen molar-refractivity contribution in [2.24, 2.45) is 5.92 Å². The Labute approximate surface area is 136 Å². The minimum absolute atomic E-state index is 0.0250. The van der Waals surface area contributed by atoms with Gasteiger partial charge in [0.05, 0.1) is 0 Å². The molecule has 1 aliphatic rings. The van der Waals surface area contributed by atoms with E-state index in [4.69, 9.17) is 0 Å². The molecule has 1 aromatic rings. The largest absolute Gasteiger partial charge is 0.352 e. The zero-order valence-electron chi connectivity index (χ0n) is 13.8. The summed E-state index contributed by atoms with van der Waals surface area (Å²) in [6.07, 6.45) is 5.50. The second-order valence-corrected chi connectivity index (χ2v) is 6.55. The molecule has 126 valence electrons. The lowest BCUT2D eigenvalue weighted by Crippen LogP contribution is -2.52. The fourth-order valence-electron chi connectivity index (χ4n) is 2.90. The van der Waals surface area contributed by atoms with E-state index in [2.05, 4.69) is 10.6 Å². The van der Waals surface area contributed by atoms with E-state index >= 15 is 0 Å². The van der Waals surface area contributed by atoms with Crippen LogP contribution in [0.1, 0.15) is 56.3 Å². The molecule has 1 aromatic carbocycles. The maximum atomic E-state index is 12.9. The maximum absolute atomic E-state index is 12.9. The standard InChI is InChI=1S/C18H25FN2O2/c1-12(2)16(18(23)20-15-6-4-3-5-7-15)21-17(22)13-8-10-14(19)11-9-13/h8-12,15-16H,3-7H2,1-2H3,(H,20,23)(H,21,22)/t16-/m0/s1. The van der Waals surface area contributed by atoms with Crippen molar-refractivity contribution in [2.75, 3.05) is 0 Å². The molecule has 2 N–H and O–H groups in total. The van der Waals surface area contributed by atoms with E-state index in [9.17, 15) is 14.0 Å². The third kappa shape index (κ3) is 5.05. The average molecular weight is 320 g/mol. The van der Waals surface area contributed by atoms with Crippen molar-refractivity contribution < 1.29 is 14.0 Å². The molecule has 0 spiro atoms. The summed E-state index contributed by atoms with van der Waals surface area (Å²) in [5, 5.41) is 5.82. The molecule has 4 nitrogen and oxygen atoms in total. The van der Waals surface area contributed by atoms with E-state index in [-0.39, 0.29) is 23.8 Å². The van der Waals surface area contributed by atoms with Crippen molar-refractivity contribution in [3.63, 3.8) is 0 Å². The van der Waals surface area contributed by atoms with Crippen LogP contribution in [0.15, 0.2) is 24.3 Å². The molecule has 1 atom stereocenters. The number of hydrogen-bond donors (Lipinski definition) is 2. The molecule has 0 aliphatic heterocycles. The number of rotatable bonds is 5. The second-order valence-electron chi connectivity index (χ2n) is 6.55. The SMILES string of the molecule is CC(C)[C@H](NC(=O)c1ccc(F)cc1)C(=O)NC1CCCCC1. The molecule has 2 amide bonds. The Balaban J connectivity index is 1.98. The third-order valence-electron chi connectivity index (χ3n) is 4.29. The van der Waals surface area contributed by atoms with Gasteiger partial charge in [-0.25, -0.2) is 4.39 Å². The minimum atomic E-state index is -0.588. The minimum Gasteiger partial charge on any atom is -0.352 e. The van der Waals surface area contributed by atoms with Gasteiger partial charge >= 0.3 is 0 Å². The predicted molar refractivity (Wildman–Crippen MR) is 87.5 cm³/mol. The van der Waals surface area contributed by atoms with E-state index in [1.165, 1.54) is 30.7 Å². The number of carbonyl (C=O) groups excluding carboxylic acids is 2. The number of amides is 2. The van der Waals surface area contributed by atoms with E-state index < -0.39 is 11.9 Å². The molecular formula is C18H25FN2O2. The Morgan fingerprint density at radius 3 is 2.26 bits per heavy atom. The quantitative estimate of drug-likeness (QED) is 0.876. The van der Waals surface area contributed by atoms with Gasteiger partial charge in [-0.2, -0.15) is 0 Å². The zero-order chi connectivity index (χ0) is 16.8. The summed E-state index contributed by atoms with van der Waals surface area (Å²) in [7, 11) is 0. The molecule has 0 aromatic heterocycles. The summed E-state index contributed by atoms with van der Waals surface area (Å²) in [6, 6.07) is 4.93. The molecule has 0 heterocycles. The predicted octanol–water partition coefficient (Wildman–Crippen LogP) is 3.03. The second kappa shape index (κ2) is 8.09. The fourth-order valence-corrected chi connectivity index (χ4v) is 2.90. The van der Waals surface area contributed by atoms with Crippen molar-refractivity contribution in [2.45, 2.75) is 58.0 Å². The highest BCUT2D eigenvalue weighted by Crippen LogP contribution is 2.18. The Morgan fingerprint density at radius 1 is 1.09 bits per heavy atom. The van der Waals surface area contributed by atoms with Gasteiger partial charge in [0.15, 0.2) is 0 Å². The number of benzene rings is 1. The van der Waals surface area contributed by atoms with E-state index in [0.29, 0.717) is 5.56 Å². The first-order valence-corrected chi connectivity index (χ1v) is 8.34. The first-order valence-electron chi connectivity index (χ1n) is 8.34. The molecule has 23 heavy (non-hydrogen) atoms. The van der Waals surface area contributed by atoms with E-state index in [1.807, 2.05) is 13.8 Å². The van der Waals surface area contributed by atoms with Crippen LogP contribution in [-0.4, -0.2) is 23.9 Å². The van der Waals surface area contributed by atoms with Gasteiger partial charge in [0.25, 0.3) is 5.91 Å². The lowest BCUT2D eigenvalue weighted by atomic mass is 9.94. The number of halogens is 1. The summed E-state index contributed by atoms with van der Waals surface area (Å²) in [5.74, 6) is -0.912.